The second-order valence-electron chi connectivity index (χ2n) is 7.41. The summed E-state index contributed by atoms with van der Waals surface area (Å²) in [7, 11) is 0. The fourth-order valence-electron chi connectivity index (χ4n) is 3.82. The molecule has 0 amide bonds. The van der Waals surface area contributed by atoms with Crippen LogP contribution >= 0.6 is 0 Å². The van der Waals surface area contributed by atoms with Gasteiger partial charge >= 0.3 is 0 Å². The van der Waals surface area contributed by atoms with Crippen molar-refractivity contribution in [3.05, 3.63) is 29.8 Å². The summed E-state index contributed by atoms with van der Waals surface area (Å²) in [6.07, 6.45) is 5.29. The van der Waals surface area contributed by atoms with Gasteiger partial charge in [-0.15, -0.1) is 0 Å². The molecule has 3 fully saturated rings. The molecule has 4 heteroatoms. The first-order valence-electron chi connectivity index (χ1n) is 9.27. The van der Waals surface area contributed by atoms with E-state index in [1.807, 2.05) is 0 Å². The topological polar surface area (TPSA) is 36.5 Å². The number of benzene rings is 1. The molecule has 2 atom stereocenters. The normalized spacial score (nSPS) is 28.3. The van der Waals surface area contributed by atoms with Crippen molar-refractivity contribution >= 4 is 0 Å². The molecule has 2 saturated heterocycles. The Hall–Kier alpha value is -1.10. The Morgan fingerprint density at radius 1 is 1.22 bits per heavy atom. The SMILES string of the molecule is c1cc(CNC2CC2)cc(OC[C@@H]2CC[C@H]3CNCCN3C2)c1. The highest BCUT2D eigenvalue weighted by Gasteiger charge is 2.30. The second kappa shape index (κ2) is 7.20. The van der Waals surface area contributed by atoms with E-state index in [-0.39, 0.29) is 0 Å². The fraction of sp³-hybridized carbons (Fsp3) is 0.684. The zero-order valence-electron chi connectivity index (χ0n) is 14.0. The molecule has 126 valence electrons. The van der Waals surface area contributed by atoms with Crippen molar-refractivity contribution in [2.45, 2.75) is 44.3 Å². The quantitative estimate of drug-likeness (QED) is 0.842. The highest BCUT2D eigenvalue weighted by molar-refractivity contribution is 5.28. The van der Waals surface area contributed by atoms with Gasteiger partial charge in [-0.05, 0) is 43.4 Å². The van der Waals surface area contributed by atoms with Crippen molar-refractivity contribution in [1.82, 2.24) is 15.5 Å². The number of hydrogen-bond acceptors (Lipinski definition) is 4. The first kappa shape index (κ1) is 15.4. The van der Waals surface area contributed by atoms with Gasteiger partial charge in [-0.25, -0.2) is 0 Å². The molecule has 2 heterocycles. The van der Waals surface area contributed by atoms with Crippen LogP contribution in [0.2, 0.25) is 0 Å². The lowest BCUT2D eigenvalue weighted by molar-refractivity contribution is 0.0649. The van der Waals surface area contributed by atoms with E-state index < -0.39 is 0 Å². The van der Waals surface area contributed by atoms with Crippen LogP contribution in [0.5, 0.6) is 5.75 Å². The van der Waals surface area contributed by atoms with Crippen molar-refractivity contribution < 1.29 is 4.74 Å². The van der Waals surface area contributed by atoms with E-state index in [0.717, 1.165) is 37.5 Å². The summed E-state index contributed by atoms with van der Waals surface area (Å²) in [5, 5.41) is 7.08. The van der Waals surface area contributed by atoms with Crippen LogP contribution in [-0.2, 0) is 6.54 Å². The predicted octanol–water partition coefficient (Wildman–Crippen LogP) is 2.00. The number of nitrogens with one attached hydrogen (secondary N) is 2. The first-order chi connectivity index (χ1) is 11.4. The largest absolute Gasteiger partial charge is 0.493 e. The van der Waals surface area contributed by atoms with Crippen LogP contribution in [0.3, 0.4) is 0 Å². The molecule has 23 heavy (non-hydrogen) atoms. The van der Waals surface area contributed by atoms with Gasteiger partial charge in [0.15, 0.2) is 0 Å². The molecule has 3 aliphatic rings. The molecule has 1 saturated carbocycles. The third kappa shape index (κ3) is 4.25. The van der Waals surface area contributed by atoms with Gasteiger partial charge < -0.3 is 15.4 Å². The summed E-state index contributed by atoms with van der Waals surface area (Å²) in [6.45, 7) is 6.53. The highest BCUT2D eigenvalue weighted by Crippen LogP contribution is 2.24. The van der Waals surface area contributed by atoms with Crippen molar-refractivity contribution in [2.24, 2.45) is 5.92 Å². The van der Waals surface area contributed by atoms with Gasteiger partial charge in [0.2, 0.25) is 0 Å². The number of nitrogens with zero attached hydrogens (tertiary/aromatic N) is 1. The smallest absolute Gasteiger partial charge is 0.119 e. The molecule has 0 aromatic heterocycles. The van der Waals surface area contributed by atoms with Gasteiger partial charge in [-0.2, -0.15) is 0 Å². The van der Waals surface area contributed by atoms with Crippen molar-refractivity contribution in [3.63, 3.8) is 0 Å². The molecule has 2 aliphatic heterocycles. The van der Waals surface area contributed by atoms with Gasteiger partial charge in [0.05, 0.1) is 6.61 Å². The number of piperazine rings is 1. The van der Waals surface area contributed by atoms with E-state index in [4.69, 9.17) is 4.74 Å². The van der Waals surface area contributed by atoms with E-state index in [0.29, 0.717) is 5.92 Å². The van der Waals surface area contributed by atoms with Crippen LogP contribution in [0.4, 0.5) is 0 Å². The summed E-state index contributed by atoms with van der Waals surface area (Å²) >= 11 is 0. The molecule has 0 spiro atoms. The minimum atomic E-state index is 0.678. The second-order valence-corrected chi connectivity index (χ2v) is 7.41. The van der Waals surface area contributed by atoms with Gasteiger partial charge in [-0.3, -0.25) is 4.90 Å². The lowest BCUT2D eigenvalue weighted by Crippen LogP contribution is -2.55. The standard InChI is InChI=1S/C19H29N3O/c1-2-15(11-21-17-5-6-17)10-19(3-1)23-14-16-4-7-18-12-20-8-9-22(18)13-16/h1-3,10,16-18,20-21H,4-9,11-14H2/t16-,18+/m1/s1. The Labute approximate surface area is 139 Å². The molecule has 1 aromatic carbocycles. The van der Waals surface area contributed by atoms with Crippen molar-refractivity contribution in [2.75, 3.05) is 32.8 Å². The van der Waals surface area contributed by atoms with Gasteiger partial charge in [-0.1, -0.05) is 12.1 Å². The zero-order chi connectivity index (χ0) is 15.5. The summed E-state index contributed by atoms with van der Waals surface area (Å²) in [6, 6.07) is 10.1. The molecule has 4 rings (SSSR count). The summed E-state index contributed by atoms with van der Waals surface area (Å²) in [5.41, 5.74) is 1.33. The number of fused-ring (bicyclic) bond motifs is 1. The number of rotatable bonds is 6. The summed E-state index contributed by atoms with van der Waals surface area (Å²) < 4.78 is 6.12. The summed E-state index contributed by atoms with van der Waals surface area (Å²) in [4.78, 5) is 2.66. The first-order valence-corrected chi connectivity index (χ1v) is 9.27. The third-order valence-corrected chi connectivity index (χ3v) is 5.43. The Morgan fingerprint density at radius 3 is 3.09 bits per heavy atom. The van der Waals surface area contributed by atoms with Gasteiger partial charge in [0, 0.05) is 50.7 Å². The molecular formula is C19H29N3O. The zero-order valence-corrected chi connectivity index (χ0v) is 14.0. The number of hydrogen-bond donors (Lipinski definition) is 2. The van der Waals surface area contributed by atoms with E-state index in [9.17, 15) is 0 Å². The molecule has 4 nitrogen and oxygen atoms in total. The average Bonchev–Trinajstić information content (AvgIpc) is 3.43. The Bertz CT molecular complexity index is 517. The van der Waals surface area contributed by atoms with Crippen LogP contribution in [0.1, 0.15) is 31.2 Å². The Kier molecular flexibility index (Phi) is 4.83. The minimum absolute atomic E-state index is 0.678. The lowest BCUT2D eigenvalue weighted by Gasteiger charge is -2.42. The van der Waals surface area contributed by atoms with E-state index in [1.54, 1.807) is 0 Å². The highest BCUT2D eigenvalue weighted by atomic mass is 16.5. The minimum Gasteiger partial charge on any atom is -0.493 e. The maximum atomic E-state index is 6.12. The van der Waals surface area contributed by atoms with Crippen LogP contribution in [0, 0.1) is 5.92 Å². The Morgan fingerprint density at radius 2 is 2.17 bits per heavy atom. The van der Waals surface area contributed by atoms with E-state index in [2.05, 4.69) is 39.8 Å². The number of piperidine rings is 1. The molecule has 0 unspecified atom stereocenters. The lowest BCUT2D eigenvalue weighted by atomic mass is 9.92. The average molecular weight is 315 g/mol. The fourth-order valence-corrected chi connectivity index (χ4v) is 3.82. The third-order valence-electron chi connectivity index (χ3n) is 5.43. The van der Waals surface area contributed by atoms with Crippen molar-refractivity contribution in [1.29, 1.82) is 0 Å². The maximum Gasteiger partial charge on any atom is 0.119 e. The molecule has 1 aromatic rings. The maximum absolute atomic E-state index is 6.12. The monoisotopic (exact) mass is 315 g/mol. The van der Waals surface area contributed by atoms with Crippen LogP contribution < -0.4 is 15.4 Å². The number of ether oxygens (including phenoxy) is 1. The molecule has 0 bridgehead atoms. The van der Waals surface area contributed by atoms with Crippen LogP contribution in [0.15, 0.2) is 24.3 Å². The Balaban J connectivity index is 1.26. The van der Waals surface area contributed by atoms with Crippen LogP contribution in [-0.4, -0.2) is 49.8 Å². The molecular weight excluding hydrogens is 286 g/mol. The summed E-state index contributed by atoms with van der Waals surface area (Å²) in [5.74, 6) is 1.71. The van der Waals surface area contributed by atoms with Gasteiger partial charge in [0.25, 0.3) is 0 Å². The molecule has 0 radical (unpaired) electrons. The van der Waals surface area contributed by atoms with Crippen molar-refractivity contribution in [3.8, 4) is 5.75 Å². The van der Waals surface area contributed by atoms with E-state index in [1.165, 1.54) is 50.9 Å². The van der Waals surface area contributed by atoms with E-state index >= 15 is 0 Å². The molecule has 1 aliphatic carbocycles. The van der Waals surface area contributed by atoms with Gasteiger partial charge in [0.1, 0.15) is 5.75 Å². The predicted molar refractivity (Wildman–Crippen MR) is 92.8 cm³/mol. The van der Waals surface area contributed by atoms with Crippen LogP contribution in [0.25, 0.3) is 0 Å². The molecule has 2 N–H and O–H groups in total.